The van der Waals surface area contributed by atoms with Crippen LogP contribution in [0.2, 0.25) is 0 Å². The molecule has 13 nitrogen and oxygen atoms in total. The normalized spacial score (nSPS) is 20.9. The number of carbonyl (C=O) groups excluding carboxylic acids is 4. The number of hydrogen-bond acceptors (Lipinski definition) is 9. The molecule has 0 aromatic rings. The lowest BCUT2D eigenvalue weighted by Crippen LogP contribution is -2.51. The van der Waals surface area contributed by atoms with E-state index in [1.807, 2.05) is 0 Å². The Labute approximate surface area is 161 Å². The molecule has 0 saturated heterocycles. The van der Waals surface area contributed by atoms with Gasteiger partial charge in [-0.1, -0.05) is 0 Å². The summed E-state index contributed by atoms with van der Waals surface area (Å²) < 4.78 is 15.6. The van der Waals surface area contributed by atoms with Crippen LogP contribution in [0.5, 0.6) is 0 Å². The van der Waals surface area contributed by atoms with Gasteiger partial charge in [-0.3, -0.25) is 4.79 Å². The highest BCUT2D eigenvalue weighted by Crippen LogP contribution is 2.27. The Bertz CT molecular complexity index is 611. The molecule has 0 heterocycles. The fourth-order valence-corrected chi connectivity index (χ4v) is 2.33. The summed E-state index contributed by atoms with van der Waals surface area (Å²) in [5.41, 5.74) is 0.164. The molecule has 28 heavy (non-hydrogen) atoms. The third kappa shape index (κ3) is 6.92. The summed E-state index contributed by atoms with van der Waals surface area (Å²) >= 11 is 0. The molecule has 3 atom stereocenters. The number of nitrogens with two attached hydrogens (primary N) is 1. The highest BCUT2D eigenvalue weighted by molar-refractivity contribution is 5.94. The summed E-state index contributed by atoms with van der Waals surface area (Å²) in [7, 11) is 4.01. The van der Waals surface area contributed by atoms with E-state index in [0.717, 1.165) is 0 Å². The van der Waals surface area contributed by atoms with E-state index in [4.69, 9.17) is 20.1 Å². The first-order valence-corrected chi connectivity index (χ1v) is 8.31. The van der Waals surface area contributed by atoms with Crippen LogP contribution in [0.4, 0.5) is 14.4 Å². The predicted molar refractivity (Wildman–Crippen MR) is 93.8 cm³/mol. The van der Waals surface area contributed by atoms with E-state index in [9.17, 15) is 19.2 Å². The van der Waals surface area contributed by atoms with Crippen molar-refractivity contribution in [2.75, 3.05) is 34.3 Å². The van der Waals surface area contributed by atoms with Gasteiger partial charge in [0.25, 0.3) is 0 Å². The maximum atomic E-state index is 12.4. The zero-order valence-corrected chi connectivity index (χ0v) is 15.8. The second-order valence-electron chi connectivity index (χ2n) is 5.46. The molecule has 0 radical (unpaired) electrons. The standard InChI is InChI=1S/C15H25N5O8/c1-17-13(22)26-9-6-8(12(21)20-4-5-25-16)7-10(27-14(23)18-2)11(9)28-15(24)19-3/h6,9-11H,4-5,7,16H2,1-3H3,(H,17,22)(H,18,23)(H,19,24)(H,20,21)/t9-,10-,11-/m1/s1. The second kappa shape index (κ2) is 11.6. The van der Waals surface area contributed by atoms with E-state index in [-0.39, 0.29) is 25.1 Å². The number of hydrogen-bond donors (Lipinski definition) is 5. The van der Waals surface area contributed by atoms with Crippen molar-refractivity contribution in [3.8, 4) is 0 Å². The van der Waals surface area contributed by atoms with Crippen molar-refractivity contribution in [3.05, 3.63) is 11.6 Å². The Morgan fingerprint density at radius 2 is 1.57 bits per heavy atom. The third-order valence-electron chi connectivity index (χ3n) is 3.63. The highest BCUT2D eigenvalue weighted by Gasteiger charge is 2.42. The van der Waals surface area contributed by atoms with Crippen LogP contribution in [0.1, 0.15) is 6.42 Å². The summed E-state index contributed by atoms with van der Waals surface area (Å²) in [5, 5.41) is 9.33. The fraction of sp³-hybridized carbons (Fsp3) is 0.600. The van der Waals surface area contributed by atoms with Crippen LogP contribution >= 0.6 is 0 Å². The zero-order valence-electron chi connectivity index (χ0n) is 15.8. The molecule has 1 aliphatic rings. The molecule has 0 fully saturated rings. The first kappa shape index (κ1) is 23.0. The minimum atomic E-state index is -1.19. The van der Waals surface area contributed by atoms with Crippen LogP contribution in [0.15, 0.2) is 11.6 Å². The number of amides is 4. The first-order chi connectivity index (χ1) is 13.4. The molecule has 6 N–H and O–H groups in total. The smallest absolute Gasteiger partial charge is 0.407 e. The molecule has 158 valence electrons. The molecule has 4 amide bonds. The quantitative estimate of drug-likeness (QED) is 0.192. The summed E-state index contributed by atoms with van der Waals surface area (Å²) in [6.07, 6.45) is -4.70. The van der Waals surface area contributed by atoms with Gasteiger partial charge in [0.2, 0.25) is 5.91 Å². The Morgan fingerprint density at radius 3 is 2.14 bits per heavy atom. The Morgan fingerprint density at radius 1 is 1.00 bits per heavy atom. The molecule has 1 aliphatic carbocycles. The van der Waals surface area contributed by atoms with Crippen molar-refractivity contribution in [2.45, 2.75) is 24.7 Å². The molecule has 0 spiro atoms. The van der Waals surface area contributed by atoms with Gasteiger partial charge in [0.15, 0.2) is 12.2 Å². The number of ether oxygens (including phenoxy) is 3. The van der Waals surface area contributed by atoms with Gasteiger partial charge >= 0.3 is 18.3 Å². The van der Waals surface area contributed by atoms with Crippen molar-refractivity contribution >= 4 is 24.2 Å². The van der Waals surface area contributed by atoms with Gasteiger partial charge in [-0.05, 0) is 6.08 Å². The number of carbonyl (C=O) groups is 4. The SMILES string of the molecule is CNC(=O)O[C@@H]1[C@H](OC(=O)NC)C=C(C(=O)NCCON)C[C@H]1OC(=O)NC. The molecule has 0 saturated carbocycles. The van der Waals surface area contributed by atoms with E-state index in [1.165, 1.54) is 27.2 Å². The van der Waals surface area contributed by atoms with Crippen molar-refractivity contribution in [1.82, 2.24) is 21.3 Å². The molecule has 0 aromatic heterocycles. The van der Waals surface area contributed by atoms with Crippen LogP contribution in [-0.4, -0.2) is 76.8 Å². The monoisotopic (exact) mass is 403 g/mol. The zero-order chi connectivity index (χ0) is 21.1. The van der Waals surface area contributed by atoms with Crippen molar-refractivity contribution < 1.29 is 38.2 Å². The predicted octanol–water partition coefficient (Wildman–Crippen LogP) is -1.50. The Hall–Kier alpha value is -3.06. The van der Waals surface area contributed by atoms with E-state index in [2.05, 4.69) is 26.1 Å². The average Bonchev–Trinajstić information content (AvgIpc) is 2.69. The van der Waals surface area contributed by atoms with Crippen molar-refractivity contribution in [3.63, 3.8) is 0 Å². The molecule has 1 rings (SSSR count). The van der Waals surface area contributed by atoms with Gasteiger partial charge in [-0.15, -0.1) is 0 Å². The lowest BCUT2D eigenvalue weighted by molar-refractivity contribution is -0.119. The third-order valence-corrected chi connectivity index (χ3v) is 3.63. The van der Waals surface area contributed by atoms with Gasteiger partial charge in [0, 0.05) is 39.7 Å². The fourth-order valence-electron chi connectivity index (χ4n) is 2.33. The van der Waals surface area contributed by atoms with Crippen LogP contribution in [0.3, 0.4) is 0 Å². The number of alkyl carbamates (subject to hydrolysis) is 3. The lowest BCUT2D eigenvalue weighted by atomic mass is 9.91. The van der Waals surface area contributed by atoms with Gasteiger partial charge in [-0.25, -0.2) is 20.3 Å². The molecule has 13 heteroatoms. The summed E-state index contributed by atoms with van der Waals surface area (Å²) in [6, 6.07) is 0. The number of rotatable bonds is 7. The minimum Gasteiger partial charge on any atom is -0.442 e. The van der Waals surface area contributed by atoms with Crippen molar-refractivity contribution in [1.29, 1.82) is 0 Å². The molecule has 0 aromatic carbocycles. The molecule has 0 aliphatic heterocycles. The van der Waals surface area contributed by atoms with E-state index >= 15 is 0 Å². The second-order valence-corrected chi connectivity index (χ2v) is 5.46. The van der Waals surface area contributed by atoms with Crippen molar-refractivity contribution in [2.24, 2.45) is 5.90 Å². The molecular weight excluding hydrogens is 378 g/mol. The minimum absolute atomic E-state index is 0.0811. The molecule has 0 unspecified atom stereocenters. The topological polar surface area (TPSA) is 179 Å². The van der Waals surface area contributed by atoms with Gasteiger partial charge in [-0.2, -0.15) is 0 Å². The van der Waals surface area contributed by atoms with E-state index < -0.39 is 42.5 Å². The largest absolute Gasteiger partial charge is 0.442 e. The Kier molecular flexibility index (Phi) is 9.53. The van der Waals surface area contributed by atoms with Gasteiger partial charge < -0.3 is 40.3 Å². The molecular formula is C15H25N5O8. The number of nitrogens with one attached hydrogen (secondary N) is 4. The van der Waals surface area contributed by atoms with E-state index in [1.54, 1.807) is 0 Å². The van der Waals surface area contributed by atoms with Crippen LogP contribution in [0.25, 0.3) is 0 Å². The van der Waals surface area contributed by atoms with Crippen LogP contribution < -0.4 is 27.2 Å². The average molecular weight is 403 g/mol. The summed E-state index contributed by atoms with van der Waals surface area (Å²) in [5.74, 6) is 4.40. The van der Waals surface area contributed by atoms with E-state index in [0.29, 0.717) is 0 Å². The van der Waals surface area contributed by atoms with Gasteiger partial charge in [0.1, 0.15) is 6.10 Å². The highest BCUT2D eigenvalue weighted by atomic mass is 16.6. The maximum Gasteiger partial charge on any atom is 0.407 e. The summed E-state index contributed by atoms with van der Waals surface area (Å²) in [4.78, 5) is 51.8. The Balaban J connectivity index is 3.14. The van der Waals surface area contributed by atoms with Gasteiger partial charge in [0.05, 0.1) is 6.61 Å². The van der Waals surface area contributed by atoms with Crippen LogP contribution in [-0.2, 0) is 23.8 Å². The summed E-state index contributed by atoms with van der Waals surface area (Å²) in [6.45, 7) is 0.213. The first-order valence-electron chi connectivity index (χ1n) is 8.31. The van der Waals surface area contributed by atoms with Crippen LogP contribution in [0, 0.1) is 0 Å². The lowest BCUT2D eigenvalue weighted by Gasteiger charge is -2.34. The maximum absolute atomic E-state index is 12.4. The molecule has 0 bridgehead atoms.